The van der Waals surface area contributed by atoms with Crippen molar-refractivity contribution in [3.05, 3.63) is 46.8 Å². The number of aromatic nitrogens is 2. The molecule has 3 nitrogen and oxygen atoms in total. The number of hydrogen-bond acceptors (Lipinski definition) is 4. The number of aryl methyl sites for hydroxylation is 2. The topological polar surface area (TPSA) is 37.8 Å². The highest BCUT2D eigenvalue weighted by Gasteiger charge is 2.16. The van der Waals surface area contributed by atoms with E-state index in [4.69, 9.17) is 0 Å². The van der Waals surface area contributed by atoms with Gasteiger partial charge >= 0.3 is 0 Å². The van der Waals surface area contributed by atoms with Crippen LogP contribution in [0.3, 0.4) is 0 Å². The Hall–Kier alpha value is -1.26. The molecule has 0 amide bonds. The monoisotopic (exact) mass is 261 g/mol. The Morgan fingerprint density at radius 3 is 2.72 bits per heavy atom. The van der Waals surface area contributed by atoms with Gasteiger partial charge in [0, 0.05) is 0 Å². The summed E-state index contributed by atoms with van der Waals surface area (Å²) in [6, 6.07) is 6.74. The summed E-state index contributed by atoms with van der Waals surface area (Å²) in [4.78, 5) is 0. The predicted molar refractivity (Wildman–Crippen MR) is 76.0 cm³/mol. The van der Waals surface area contributed by atoms with Crippen molar-refractivity contribution >= 4 is 11.7 Å². The van der Waals surface area contributed by atoms with Gasteiger partial charge in [0.05, 0.1) is 29.7 Å². The van der Waals surface area contributed by atoms with Crippen LogP contribution in [0, 0.1) is 13.8 Å². The molecular weight excluding hydrogens is 242 g/mol. The number of hydrogen-bond donors (Lipinski definition) is 1. The second-order valence-electron chi connectivity index (χ2n) is 4.56. The second-order valence-corrected chi connectivity index (χ2v) is 5.12. The maximum Gasteiger partial charge on any atom is 0.0957 e. The Morgan fingerprint density at radius 2 is 2.11 bits per heavy atom. The van der Waals surface area contributed by atoms with Crippen molar-refractivity contribution in [3.63, 3.8) is 0 Å². The molecule has 2 aromatic rings. The molecule has 0 saturated heterocycles. The van der Waals surface area contributed by atoms with Gasteiger partial charge in [0.15, 0.2) is 0 Å². The Balaban J connectivity index is 2.30. The lowest BCUT2D eigenvalue weighted by atomic mass is 9.99. The third-order valence-corrected chi connectivity index (χ3v) is 3.63. The van der Waals surface area contributed by atoms with Crippen LogP contribution in [0.15, 0.2) is 24.4 Å². The maximum atomic E-state index is 4.37. The van der Waals surface area contributed by atoms with E-state index in [1.165, 1.54) is 28.4 Å². The SMILES string of the molecule is CCCNC(c1ccc(C)c(C)c1)c1cnsn1. The Morgan fingerprint density at radius 1 is 1.28 bits per heavy atom. The van der Waals surface area contributed by atoms with Gasteiger partial charge in [0.2, 0.25) is 0 Å². The second kappa shape index (κ2) is 6.07. The molecule has 0 saturated carbocycles. The van der Waals surface area contributed by atoms with Gasteiger partial charge in [-0.1, -0.05) is 25.1 Å². The normalized spacial score (nSPS) is 12.6. The molecular formula is C14H19N3S. The van der Waals surface area contributed by atoms with E-state index in [-0.39, 0.29) is 6.04 Å². The molecule has 0 fully saturated rings. The van der Waals surface area contributed by atoms with Crippen molar-refractivity contribution in [1.82, 2.24) is 14.1 Å². The molecule has 96 valence electrons. The first-order valence-corrected chi connectivity index (χ1v) is 7.03. The molecule has 1 unspecified atom stereocenters. The van der Waals surface area contributed by atoms with Gasteiger partial charge in [-0.15, -0.1) is 0 Å². The number of nitrogens with zero attached hydrogens (tertiary/aromatic N) is 2. The third-order valence-electron chi connectivity index (χ3n) is 3.14. The summed E-state index contributed by atoms with van der Waals surface area (Å²) in [5, 5.41) is 3.54. The molecule has 1 heterocycles. The molecule has 0 bridgehead atoms. The van der Waals surface area contributed by atoms with E-state index in [1.54, 1.807) is 0 Å². The molecule has 1 aromatic carbocycles. The van der Waals surface area contributed by atoms with Crippen LogP contribution in [0.4, 0.5) is 0 Å². The van der Waals surface area contributed by atoms with Gasteiger partial charge in [-0.3, -0.25) is 0 Å². The van der Waals surface area contributed by atoms with Gasteiger partial charge in [-0.2, -0.15) is 8.75 Å². The minimum absolute atomic E-state index is 0.156. The summed E-state index contributed by atoms with van der Waals surface area (Å²) in [6.07, 6.45) is 2.96. The molecule has 1 N–H and O–H groups in total. The molecule has 0 radical (unpaired) electrons. The third kappa shape index (κ3) is 2.94. The van der Waals surface area contributed by atoms with E-state index in [2.05, 4.69) is 53.0 Å². The predicted octanol–water partition coefficient (Wildman–Crippen LogP) is 3.24. The molecule has 18 heavy (non-hydrogen) atoms. The van der Waals surface area contributed by atoms with Crippen LogP contribution in [0.25, 0.3) is 0 Å². The first-order valence-electron chi connectivity index (χ1n) is 6.30. The molecule has 0 spiro atoms. The Bertz CT molecular complexity index is 494. The van der Waals surface area contributed by atoms with Crippen molar-refractivity contribution in [3.8, 4) is 0 Å². The average molecular weight is 261 g/mol. The van der Waals surface area contributed by atoms with Crippen molar-refractivity contribution in [2.45, 2.75) is 33.2 Å². The fourth-order valence-electron chi connectivity index (χ4n) is 1.93. The van der Waals surface area contributed by atoms with Crippen LogP contribution >= 0.6 is 11.7 Å². The Kier molecular flexibility index (Phi) is 4.44. The van der Waals surface area contributed by atoms with Gasteiger partial charge in [0.1, 0.15) is 0 Å². The highest BCUT2D eigenvalue weighted by Crippen LogP contribution is 2.22. The van der Waals surface area contributed by atoms with Crippen molar-refractivity contribution in [2.75, 3.05) is 6.54 Å². The van der Waals surface area contributed by atoms with Crippen molar-refractivity contribution < 1.29 is 0 Å². The minimum Gasteiger partial charge on any atom is -0.305 e. The lowest BCUT2D eigenvalue weighted by Gasteiger charge is -2.17. The van der Waals surface area contributed by atoms with Crippen LogP contribution in [-0.2, 0) is 0 Å². The lowest BCUT2D eigenvalue weighted by Crippen LogP contribution is -2.23. The van der Waals surface area contributed by atoms with E-state index < -0.39 is 0 Å². The fraction of sp³-hybridized carbons (Fsp3) is 0.429. The smallest absolute Gasteiger partial charge is 0.0957 e. The Labute approximate surface area is 113 Å². The standard InChI is InChI=1S/C14H19N3S/c1-4-7-15-14(13-9-16-18-17-13)12-6-5-10(2)11(3)8-12/h5-6,8-9,14-15H,4,7H2,1-3H3. The molecule has 0 aliphatic carbocycles. The van der Waals surface area contributed by atoms with Gasteiger partial charge in [-0.05, 0) is 43.5 Å². The van der Waals surface area contributed by atoms with Crippen LogP contribution in [0.5, 0.6) is 0 Å². The molecule has 0 aliphatic rings. The molecule has 4 heteroatoms. The molecule has 0 aliphatic heterocycles. The molecule has 1 aromatic heterocycles. The van der Waals surface area contributed by atoms with Crippen LogP contribution in [0.2, 0.25) is 0 Å². The lowest BCUT2D eigenvalue weighted by molar-refractivity contribution is 0.589. The van der Waals surface area contributed by atoms with Crippen molar-refractivity contribution in [1.29, 1.82) is 0 Å². The summed E-state index contributed by atoms with van der Waals surface area (Å²) in [5.74, 6) is 0. The van der Waals surface area contributed by atoms with E-state index >= 15 is 0 Å². The number of rotatable bonds is 5. The summed E-state index contributed by atoms with van der Waals surface area (Å²) >= 11 is 1.26. The quantitative estimate of drug-likeness (QED) is 0.898. The van der Waals surface area contributed by atoms with Crippen molar-refractivity contribution in [2.24, 2.45) is 0 Å². The van der Waals surface area contributed by atoms with E-state index in [0.29, 0.717) is 0 Å². The number of nitrogens with one attached hydrogen (secondary N) is 1. The highest BCUT2D eigenvalue weighted by molar-refractivity contribution is 6.99. The zero-order chi connectivity index (χ0) is 13.0. The van der Waals surface area contributed by atoms with Crippen LogP contribution < -0.4 is 5.32 Å². The van der Waals surface area contributed by atoms with E-state index in [9.17, 15) is 0 Å². The zero-order valence-electron chi connectivity index (χ0n) is 11.1. The molecule has 1 atom stereocenters. The first kappa shape index (κ1) is 13.2. The summed E-state index contributed by atoms with van der Waals surface area (Å²) in [6.45, 7) is 7.44. The van der Waals surface area contributed by atoms with E-state index in [0.717, 1.165) is 18.7 Å². The fourth-order valence-corrected chi connectivity index (χ4v) is 2.37. The zero-order valence-corrected chi connectivity index (χ0v) is 11.9. The summed E-state index contributed by atoms with van der Waals surface area (Å²) in [5.41, 5.74) is 4.92. The maximum absolute atomic E-state index is 4.37. The first-order chi connectivity index (χ1) is 8.72. The average Bonchev–Trinajstić information content (AvgIpc) is 2.88. The van der Waals surface area contributed by atoms with Crippen LogP contribution in [0.1, 0.15) is 41.8 Å². The van der Waals surface area contributed by atoms with E-state index in [1.807, 2.05) is 6.20 Å². The minimum atomic E-state index is 0.156. The van der Waals surface area contributed by atoms with Gasteiger partial charge < -0.3 is 5.32 Å². The largest absolute Gasteiger partial charge is 0.305 e. The summed E-state index contributed by atoms with van der Waals surface area (Å²) in [7, 11) is 0. The van der Waals surface area contributed by atoms with Gasteiger partial charge in [0.25, 0.3) is 0 Å². The number of benzene rings is 1. The van der Waals surface area contributed by atoms with Gasteiger partial charge in [-0.25, -0.2) is 0 Å². The molecule has 2 rings (SSSR count). The highest BCUT2D eigenvalue weighted by atomic mass is 32.1. The summed E-state index contributed by atoms with van der Waals surface area (Å²) < 4.78 is 8.47. The van der Waals surface area contributed by atoms with Crippen LogP contribution in [-0.4, -0.2) is 15.3 Å².